The van der Waals surface area contributed by atoms with Crippen molar-refractivity contribution in [3.05, 3.63) is 29.8 Å². The van der Waals surface area contributed by atoms with Crippen molar-refractivity contribution in [1.29, 1.82) is 0 Å². The van der Waals surface area contributed by atoms with E-state index in [-0.39, 0.29) is 17.8 Å². The van der Waals surface area contributed by atoms with Crippen LogP contribution in [0.3, 0.4) is 0 Å². The van der Waals surface area contributed by atoms with Gasteiger partial charge in [0.25, 0.3) is 0 Å². The molecule has 0 saturated carbocycles. The largest absolute Gasteiger partial charge is 0.490 e. The van der Waals surface area contributed by atoms with E-state index >= 15 is 0 Å². The fraction of sp³-hybridized carbons (Fsp3) is 0.625. The van der Waals surface area contributed by atoms with Crippen LogP contribution in [0, 0.1) is 0 Å². The van der Waals surface area contributed by atoms with Crippen LogP contribution in [0.5, 0.6) is 5.75 Å². The molecule has 0 unspecified atom stereocenters. The first-order valence-electron chi connectivity index (χ1n) is 7.10. The van der Waals surface area contributed by atoms with Gasteiger partial charge in [0.1, 0.15) is 11.9 Å². The van der Waals surface area contributed by atoms with E-state index in [1.54, 1.807) is 0 Å². The fourth-order valence-electron chi connectivity index (χ4n) is 2.29. The Labute approximate surface area is 123 Å². The van der Waals surface area contributed by atoms with Gasteiger partial charge in [-0.05, 0) is 55.5 Å². The van der Waals surface area contributed by atoms with Crippen LogP contribution in [0.4, 0.5) is 0 Å². The van der Waals surface area contributed by atoms with Gasteiger partial charge in [-0.25, -0.2) is 0 Å². The van der Waals surface area contributed by atoms with Crippen LogP contribution in [-0.2, 0) is 5.41 Å². The van der Waals surface area contributed by atoms with Gasteiger partial charge in [-0.1, -0.05) is 32.9 Å². The van der Waals surface area contributed by atoms with Crippen molar-refractivity contribution < 1.29 is 4.74 Å². The number of halogens is 1. The average molecular weight is 284 g/mol. The van der Waals surface area contributed by atoms with Crippen LogP contribution in [0.25, 0.3) is 0 Å². The van der Waals surface area contributed by atoms with E-state index in [2.05, 4.69) is 50.4 Å². The Bertz CT molecular complexity index is 369. The van der Waals surface area contributed by atoms with Crippen molar-refractivity contribution in [2.24, 2.45) is 0 Å². The second-order valence-corrected chi connectivity index (χ2v) is 5.83. The maximum absolute atomic E-state index is 6.02. The third-order valence-corrected chi connectivity index (χ3v) is 4.11. The second kappa shape index (κ2) is 7.16. The zero-order chi connectivity index (χ0) is 13.0. The number of rotatable bonds is 4. The molecule has 1 aromatic rings. The Morgan fingerprint density at radius 1 is 1.16 bits per heavy atom. The molecule has 1 saturated heterocycles. The van der Waals surface area contributed by atoms with Gasteiger partial charge in [0.2, 0.25) is 0 Å². The minimum atomic E-state index is 0. The van der Waals surface area contributed by atoms with Crippen molar-refractivity contribution in [2.45, 2.75) is 51.6 Å². The fourth-order valence-corrected chi connectivity index (χ4v) is 2.29. The van der Waals surface area contributed by atoms with Gasteiger partial charge in [-0.15, -0.1) is 12.4 Å². The van der Waals surface area contributed by atoms with E-state index in [9.17, 15) is 0 Å². The van der Waals surface area contributed by atoms with E-state index in [0.29, 0.717) is 6.10 Å². The third kappa shape index (κ3) is 4.39. The van der Waals surface area contributed by atoms with Crippen LogP contribution in [0.2, 0.25) is 0 Å². The zero-order valence-electron chi connectivity index (χ0n) is 12.2. The van der Waals surface area contributed by atoms with E-state index in [0.717, 1.165) is 38.1 Å². The van der Waals surface area contributed by atoms with Gasteiger partial charge in [-0.3, -0.25) is 0 Å². The highest BCUT2D eigenvalue weighted by Crippen LogP contribution is 2.28. The summed E-state index contributed by atoms with van der Waals surface area (Å²) in [6.07, 6.45) is 3.77. The summed E-state index contributed by atoms with van der Waals surface area (Å²) >= 11 is 0. The summed E-state index contributed by atoms with van der Waals surface area (Å²) < 4.78 is 6.02. The number of hydrogen-bond donors (Lipinski definition) is 1. The number of piperidine rings is 1. The van der Waals surface area contributed by atoms with Gasteiger partial charge in [0.05, 0.1) is 0 Å². The molecule has 0 atom stereocenters. The molecule has 0 radical (unpaired) electrons. The highest BCUT2D eigenvalue weighted by molar-refractivity contribution is 5.85. The Balaban J connectivity index is 0.00000180. The lowest BCUT2D eigenvalue weighted by molar-refractivity contribution is 0.162. The normalized spacial score (nSPS) is 16.8. The molecule has 2 nitrogen and oxygen atoms in total. The molecule has 1 aliphatic heterocycles. The summed E-state index contributed by atoms with van der Waals surface area (Å²) in [6.45, 7) is 8.96. The van der Waals surface area contributed by atoms with E-state index in [4.69, 9.17) is 4.74 Å². The molecule has 0 aromatic heterocycles. The molecule has 0 aliphatic carbocycles. The Hall–Kier alpha value is -0.730. The van der Waals surface area contributed by atoms with E-state index in [1.807, 2.05) is 0 Å². The molecule has 1 heterocycles. The molecule has 19 heavy (non-hydrogen) atoms. The van der Waals surface area contributed by atoms with Crippen molar-refractivity contribution >= 4 is 12.4 Å². The molecule has 0 bridgehead atoms. The van der Waals surface area contributed by atoms with Crippen molar-refractivity contribution in [2.75, 3.05) is 13.1 Å². The maximum Gasteiger partial charge on any atom is 0.119 e. The van der Waals surface area contributed by atoms with Gasteiger partial charge in [0.15, 0.2) is 0 Å². The van der Waals surface area contributed by atoms with E-state index < -0.39 is 0 Å². The minimum Gasteiger partial charge on any atom is -0.490 e. The van der Waals surface area contributed by atoms with Crippen LogP contribution >= 0.6 is 12.4 Å². The average Bonchev–Trinajstić information content (AvgIpc) is 2.40. The smallest absolute Gasteiger partial charge is 0.119 e. The van der Waals surface area contributed by atoms with Gasteiger partial charge in [-0.2, -0.15) is 0 Å². The number of ether oxygens (including phenoxy) is 1. The van der Waals surface area contributed by atoms with Gasteiger partial charge in [0, 0.05) is 0 Å². The number of nitrogens with one attached hydrogen (secondary N) is 1. The molecule has 1 fully saturated rings. The summed E-state index contributed by atoms with van der Waals surface area (Å²) in [5, 5.41) is 3.36. The molecule has 0 amide bonds. The molecule has 1 aromatic carbocycles. The lowest BCUT2D eigenvalue weighted by Crippen LogP contribution is -2.34. The van der Waals surface area contributed by atoms with Crippen molar-refractivity contribution in [3.63, 3.8) is 0 Å². The van der Waals surface area contributed by atoms with Crippen molar-refractivity contribution in [3.8, 4) is 5.75 Å². The molecule has 3 heteroatoms. The highest BCUT2D eigenvalue weighted by Gasteiger charge is 2.18. The van der Waals surface area contributed by atoms with Crippen LogP contribution < -0.4 is 10.1 Å². The molecular weight excluding hydrogens is 258 g/mol. The summed E-state index contributed by atoms with van der Waals surface area (Å²) in [7, 11) is 0. The zero-order valence-corrected chi connectivity index (χ0v) is 13.1. The first-order valence-corrected chi connectivity index (χ1v) is 7.10. The summed E-state index contributed by atoms with van der Waals surface area (Å²) in [5.74, 6) is 1.01. The second-order valence-electron chi connectivity index (χ2n) is 5.83. The van der Waals surface area contributed by atoms with Gasteiger partial charge < -0.3 is 10.1 Å². The third-order valence-electron chi connectivity index (χ3n) is 4.11. The molecule has 108 valence electrons. The summed E-state index contributed by atoms with van der Waals surface area (Å²) in [5.41, 5.74) is 1.65. The molecule has 1 aliphatic rings. The molecule has 1 N–H and O–H groups in total. The van der Waals surface area contributed by atoms with Crippen LogP contribution in [0.15, 0.2) is 24.3 Å². The summed E-state index contributed by atoms with van der Waals surface area (Å²) in [6, 6.07) is 8.66. The van der Waals surface area contributed by atoms with Crippen molar-refractivity contribution in [1.82, 2.24) is 5.32 Å². The Kier molecular flexibility index (Phi) is 6.15. The molecular formula is C16H26ClNO. The highest BCUT2D eigenvalue weighted by atomic mass is 35.5. The minimum absolute atomic E-state index is 0. The van der Waals surface area contributed by atoms with Gasteiger partial charge >= 0.3 is 0 Å². The topological polar surface area (TPSA) is 21.3 Å². The predicted octanol–water partition coefficient (Wildman–Crippen LogP) is 3.93. The first kappa shape index (κ1) is 16.3. The predicted molar refractivity (Wildman–Crippen MR) is 83.5 cm³/mol. The first-order chi connectivity index (χ1) is 8.62. The quantitative estimate of drug-likeness (QED) is 0.904. The Morgan fingerprint density at radius 3 is 2.26 bits per heavy atom. The lowest BCUT2D eigenvalue weighted by Gasteiger charge is -2.25. The lowest BCUT2D eigenvalue weighted by atomic mass is 9.82. The molecule has 2 rings (SSSR count). The Morgan fingerprint density at radius 2 is 1.74 bits per heavy atom. The monoisotopic (exact) mass is 283 g/mol. The van der Waals surface area contributed by atoms with Crippen LogP contribution in [-0.4, -0.2) is 19.2 Å². The molecule has 0 spiro atoms. The standard InChI is InChI=1S/C16H25NO.ClH/c1-4-16(2,3)13-5-7-14(8-6-13)18-15-9-11-17-12-10-15;/h5-8,15,17H,4,9-12H2,1-3H3;1H. The van der Waals surface area contributed by atoms with E-state index in [1.165, 1.54) is 5.56 Å². The number of hydrogen-bond acceptors (Lipinski definition) is 2. The SMILES string of the molecule is CCC(C)(C)c1ccc(OC2CCNCC2)cc1.Cl. The number of benzene rings is 1. The maximum atomic E-state index is 6.02. The van der Waals surface area contributed by atoms with Crippen LogP contribution in [0.1, 0.15) is 45.6 Å². The summed E-state index contributed by atoms with van der Waals surface area (Å²) in [4.78, 5) is 0.